The Bertz CT molecular complexity index is 1140. The van der Waals surface area contributed by atoms with E-state index in [1.165, 1.54) is 5.56 Å². The average molecular weight is 402 g/mol. The fraction of sp³-hybridized carbons (Fsp3) is 0.333. The first-order valence-corrected chi connectivity index (χ1v) is 10.4. The van der Waals surface area contributed by atoms with Crippen molar-refractivity contribution >= 4 is 16.8 Å². The number of piperidine rings is 1. The number of hydrogen-bond acceptors (Lipinski definition) is 4. The van der Waals surface area contributed by atoms with Gasteiger partial charge in [-0.1, -0.05) is 30.3 Å². The Morgan fingerprint density at radius 3 is 2.87 bits per heavy atom. The van der Waals surface area contributed by atoms with Crippen molar-refractivity contribution in [3.8, 4) is 5.69 Å². The van der Waals surface area contributed by atoms with Gasteiger partial charge in [0.2, 0.25) is 0 Å². The quantitative estimate of drug-likeness (QED) is 0.553. The maximum atomic E-state index is 11.7. The fourth-order valence-electron chi connectivity index (χ4n) is 5.46. The highest BCUT2D eigenvalue weighted by atomic mass is 16.3. The van der Waals surface area contributed by atoms with Crippen LogP contribution in [-0.2, 0) is 5.41 Å². The molecule has 6 heteroatoms. The van der Waals surface area contributed by atoms with Crippen molar-refractivity contribution in [1.29, 1.82) is 0 Å². The van der Waals surface area contributed by atoms with Crippen molar-refractivity contribution in [2.75, 3.05) is 13.1 Å². The second kappa shape index (κ2) is 6.79. The van der Waals surface area contributed by atoms with E-state index < -0.39 is 5.91 Å². The maximum Gasteiger partial charge on any atom is 0.250 e. The van der Waals surface area contributed by atoms with Crippen LogP contribution in [0, 0.1) is 5.41 Å². The number of primary amides is 1. The highest BCUT2D eigenvalue weighted by Crippen LogP contribution is 2.69. The number of carbonyl (C=O) groups excluding carboxylic acids is 1. The van der Waals surface area contributed by atoms with Crippen LogP contribution < -0.4 is 11.1 Å². The molecule has 0 radical (unpaired) electrons. The minimum atomic E-state index is -0.477. The zero-order valence-electron chi connectivity index (χ0n) is 16.8. The number of nitrogens with two attached hydrogens (primary N) is 1. The molecular weight excluding hydrogens is 376 g/mol. The van der Waals surface area contributed by atoms with E-state index in [4.69, 9.17) is 5.73 Å². The standard InChI is InChI=1S/C24H26N4O2/c1-2-4-20(29)24-14-23(24,11-12-26-15-24)17-7-9-18(10-8-17)28-13-16-5-3-6-19(22(25)30)21(16)27-28/h2-3,5-10,13,20,26,29H,1,4,11-12,14-15H2,(H2,25,30). The highest BCUT2D eigenvalue weighted by molar-refractivity contribution is 6.04. The van der Waals surface area contributed by atoms with Gasteiger partial charge < -0.3 is 16.2 Å². The third kappa shape index (κ3) is 2.64. The summed E-state index contributed by atoms with van der Waals surface area (Å²) in [6.07, 6.45) is 5.97. The monoisotopic (exact) mass is 402 g/mol. The van der Waals surface area contributed by atoms with Crippen molar-refractivity contribution in [1.82, 2.24) is 15.1 Å². The summed E-state index contributed by atoms with van der Waals surface area (Å²) in [6, 6.07) is 13.9. The number of rotatable bonds is 6. The Hall–Kier alpha value is -2.96. The summed E-state index contributed by atoms with van der Waals surface area (Å²) in [4.78, 5) is 11.7. The van der Waals surface area contributed by atoms with Crippen molar-refractivity contribution in [2.24, 2.45) is 11.1 Å². The van der Waals surface area contributed by atoms with Gasteiger partial charge in [0.25, 0.3) is 5.91 Å². The number of aliphatic hydroxyl groups is 1. The van der Waals surface area contributed by atoms with Crippen LogP contribution in [0.3, 0.4) is 0 Å². The van der Waals surface area contributed by atoms with E-state index in [-0.39, 0.29) is 16.9 Å². The summed E-state index contributed by atoms with van der Waals surface area (Å²) in [5.41, 5.74) is 8.63. The van der Waals surface area contributed by atoms with Gasteiger partial charge in [0, 0.05) is 29.0 Å². The second-order valence-corrected chi connectivity index (χ2v) is 8.61. The molecule has 1 aliphatic carbocycles. The van der Waals surface area contributed by atoms with Crippen molar-refractivity contribution in [2.45, 2.75) is 30.8 Å². The molecule has 3 aromatic rings. The second-order valence-electron chi connectivity index (χ2n) is 8.61. The van der Waals surface area contributed by atoms with Gasteiger partial charge in [0.05, 0.1) is 17.4 Å². The third-order valence-electron chi connectivity index (χ3n) is 7.13. The van der Waals surface area contributed by atoms with Gasteiger partial charge in [0.15, 0.2) is 0 Å². The van der Waals surface area contributed by atoms with E-state index >= 15 is 0 Å². The maximum absolute atomic E-state index is 11.7. The molecule has 30 heavy (non-hydrogen) atoms. The average Bonchev–Trinajstić information content (AvgIpc) is 3.29. The first kappa shape index (κ1) is 19.0. The lowest BCUT2D eigenvalue weighted by atomic mass is 9.77. The van der Waals surface area contributed by atoms with Crippen LogP contribution >= 0.6 is 0 Å². The lowest BCUT2D eigenvalue weighted by Crippen LogP contribution is -2.44. The topological polar surface area (TPSA) is 93.2 Å². The highest BCUT2D eigenvalue weighted by Gasteiger charge is 2.71. The molecule has 4 N–H and O–H groups in total. The summed E-state index contributed by atoms with van der Waals surface area (Å²) in [7, 11) is 0. The zero-order valence-corrected chi connectivity index (χ0v) is 16.8. The number of aliphatic hydroxyl groups excluding tert-OH is 1. The Morgan fingerprint density at radius 2 is 2.13 bits per heavy atom. The number of benzene rings is 2. The van der Waals surface area contributed by atoms with Crippen LogP contribution in [-0.4, -0.2) is 40.0 Å². The molecule has 2 aliphatic rings. The molecule has 1 aromatic heterocycles. The van der Waals surface area contributed by atoms with Gasteiger partial charge in [0.1, 0.15) is 5.52 Å². The van der Waals surface area contributed by atoms with Gasteiger partial charge in [-0.3, -0.25) is 4.79 Å². The van der Waals surface area contributed by atoms with Crippen molar-refractivity contribution in [3.63, 3.8) is 0 Å². The first-order chi connectivity index (χ1) is 14.5. The molecule has 1 saturated carbocycles. The number of aromatic nitrogens is 2. The predicted molar refractivity (Wildman–Crippen MR) is 117 cm³/mol. The van der Waals surface area contributed by atoms with Crippen LogP contribution in [0.25, 0.3) is 16.6 Å². The molecule has 0 bridgehead atoms. The largest absolute Gasteiger partial charge is 0.392 e. The van der Waals surface area contributed by atoms with Crippen molar-refractivity contribution in [3.05, 3.63) is 72.4 Å². The minimum absolute atomic E-state index is 0.0210. The SMILES string of the molecule is C=CCC(O)C12CNCCC1(c1ccc(-n3cc4cccc(C(N)=O)c4n3)cc1)C2. The molecule has 1 amide bonds. The van der Waals surface area contributed by atoms with Gasteiger partial charge in [-0.05, 0) is 49.6 Å². The molecule has 1 saturated heterocycles. The molecule has 0 spiro atoms. The van der Waals surface area contributed by atoms with Crippen LogP contribution in [0.5, 0.6) is 0 Å². The third-order valence-corrected chi connectivity index (χ3v) is 7.13. The van der Waals surface area contributed by atoms with Crippen molar-refractivity contribution < 1.29 is 9.90 Å². The number of carbonyl (C=O) groups is 1. The summed E-state index contributed by atoms with van der Waals surface area (Å²) in [6.45, 7) is 5.60. The van der Waals surface area contributed by atoms with Crippen LogP contribution in [0.15, 0.2) is 61.3 Å². The molecule has 5 rings (SSSR count). The fourth-order valence-corrected chi connectivity index (χ4v) is 5.46. The summed E-state index contributed by atoms with van der Waals surface area (Å²) in [5.74, 6) is -0.477. The van der Waals surface area contributed by atoms with Crippen LogP contribution in [0.4, 0.5) is 0 Å². The molecule has 3 unspecified atom stereocenters. The number of hydrogen-bond donors (Lipinski definition) is 3. The molecule has 154 valence electrons. The van der Waals surface area contributed by atoms with E-state index in [0.29, 0.717) is 17.5 Å². The number of amides is 1. The smallest absolute Gasteiger partial charge is 0.250 e. The van der Waals surface area contributed by atoms with Gasteiger partial charge in [-0.15, -0.1) is 6.58 Å². The van der Waals surface area contributed by atoms with E-state index in [1.54, 1.807) is 10.7 Å². The Labute approximate surface area is 175 Å². The van der Waals surface area contributed by atoms with E-state index in [9.17, 15) is 9.90 Å². The minimum Gasteiger partial charge on any atom is -0.392 e. The van der Waals surface area contributed by atoms with E-state index in [1.807, 2.05) is 24.4 Å². The molecule has 1 aliphatic heterocycles. The van der Waals surface area contributed by atoms with Gasteiger partial charge in [-0.2, -0.15) is 5.10 Å². The molecule has 2 aromatic carbocycles. The Morgan fingerprint density at radius 1 is 1.33 bits per heavy atom. The Balaban J connectivity index is 1.48. The Kier molecular flexibility index (Phi) is 4.31. The first-order valence-electron chi connectivity index (χ1n) is 10.4. The normalized spacial score (nSPS) is 26.2. The van der Waals surface area contributed by atoms with E-state index in [0.717, 1.165) is 37.0 Å². The molecule has 2 heterocycles. The number of nitrogens with zero attached hydrogens (tertiary/aromatic N) is 2. The van der Waals surface area contributed by atoms with Gasteiger partial charge in [-0.25, -0.2) is 4.68 Å². The number of fused-ring (bicyclic) bond motifs is 2. The lowest BCUT2D eigenvalue weighted by Gasteiger charge is -2.34. The van der Waals surface area contributed by atoms with Crippen LogP contribution in [0.1, 0.15) is 35.2 Å². The molecule has 6 nitrogen and oxygen atoms in total. The van der Waals surface area contributed by atoms with Gasteiger partial charge >= 0.3 is 0 Å². The summed E-state index contributed by atoms with van der Waals surface area (Å²) >= 11 is 0. The summed E-state index contributed by atoms with van der Waals surface area (Å²) in [5, 5.41) is 19.8. The number of nitrogens with one attached hydrogen (secondary N) is 1. The van der Waals surface area contributed by atoms with E-state index in [2.05, 4.69) is 41.3 Å². The molecule has 3 atom stereocenters. The molecule has 2 fully saturated rings. The predicted octanol–water partition coefficient (Wildman–Crippen LogP) is 2.68. The van der Waals surface area contributed by atoms with Crippen LogP contribution in [0.2, 0.25) is 0 Å². The summed E-state index contributed by atoms with van der Waals surface area (Å²) < 4.78 is 1.79. The zero-order chi connectivity index (χ0) is 20.9. The molecular formula is C24H26N4O2. The lowest BCUT2D eigenvalue weighted by molar-refractivity contribution is 0.0687.